The fraction of sp³-hybridized carbons (Fsp3) is 0.633. The number of unbranched alkanes of at least 4 members (excludes halogenated alkanes) is 4. The third-order valence-corrected chi connectivity index (χ3v) is 5.86. The number of aliphatic carboxylic acids is 1. The van der Waals surface area contributed by atoms with Crippen LogP contribution in [-0.2, 0) is 35.3 Å². The second-order valence-corrected chi connectivity index (χ2v) is 10.9. The minimum absolute atomic E-state index is 0.110. The van der Waals surface area contributed by atoms with Crippen LogP contribution in [0.2, 0.25) is 0 Å². The molecule has 0 radical (unpaired) electrons. The third kappa shape index (κ3) is 20.2. The van der Waals surface area contributed by atoms with E-state index in [-0.39, 0.29) is 37.7 Å². The predicted octanol–water partition coefficient (Wildman–Crippen LogP) is 3.04. The minimum Gasteiger partial charge on any atom is -0.479 e. The van der Waals surface area contributed by atoms with E-state index in [2.05, 4.69) is 21.3 Å². The molecule has 1 aromatic rings. The zero-order valence-corrected chi connectivity index (χ0v) is 25.2. The van der Waals surface area contributed by atoms with Gasteiger partial charge in [-0.1, -0.05) is 30.3 Å². The van der Waals surface area contributed by atoms with E-state index in [1.165, 1.54) is 0 Å². The van der Waals surface area contributed by atoms with Crippen LogP contribution >= 0.6 is 0 Å². The van der Waals surface area contributed by atoms with E-state index >= 15 is 0 Å². The number of carbonyl (C=O) groups is 5. The second-order valence-electron chi connectivity index (χ2n) is 10.9. The van der Waals surface area contributed by atoms with Gasteiger partial charge in [0.2, 0.25) is 17.7 Å². The molecule has 0 saturated heterocycles. The highest BCUT2D eigenvalue weighted by atomic mass is 16.6. The van der Waals surface area contributed by atoms with Crippen molar-refractivity contribution in [3.63, 3.8) is 0 Å². The van der Waals surface area contributed by atoms with E-state index in [0.717, 1.165) is 31.2 Å². The van der Waals surface area contributed by atoms with Crippen molar-refractivity contribution >= 4 is 29.8 Å². The quantitative estimate of drug-likeness (QED) is 0.136. The van der Waals surface area contributed by atoms with Gasteiger partial charge < -0.3 is 35.8 Å². The summed E-state index contributed by atoms with van der Waals surface area (Å²) in [5.41, 5.74) is 0.303. The molecule has 1 unspecified atom stereocenters. The van der Waals surface area contributed by atoms with Crippen LogP contribution in [0.25, 0.3) is 0 Å². The highest BCUT2D eigenvalue weighted by Gasteiger charge is 2.22. The Morgan fingerprint density at radius 1 is 0.714 bits per heavy atom. The molecule has 42 heavy (non-hydrogen) atoms. The maximum Gasteiger partial charge on any atom is 0.407 e. The molecule has 236 valence electrons. The molecule has 12 heteroatoms. The number of carboxylic acids is 1. The Kier molecular flexibility index (Phi) is 18.3. The molecule has 0 spiro atoms. The van der Waals surface area contributed by atoms with Crippen molar-refractivity contribution in [3.8, 4) is 0 Å². The van der Waals surface area contributed by atoms with Crippen molar-refractivity contribution in [2.45, 2.75) is 96.9 Å². The van der Waals surface area contributed by atoms with Crippen LogP contribution in [0.4, 0.5) is 4.79 Å². The number of ether oxygens (including phenoxy) is 2. The Bertz CT molecular complexity index is 966. The number of rotatable bonds is 21. The van der Waals surface area contributed by atoms with Gasteiger partial charge in [0.1, 0.15) is 5.60 Å². The molecule has 12 nitrogen and oxygen atoms in total. The van der Waals surface area contributed by atoms with Crippen molar-refractivity contribution in [1.29, 1.82) is 0 Å². The smallest absolute Gasteiger partial charge is 0.407 e. The normalized spacial score (nSPS) is 11.7. The average Bonchev–Trinajstić information content (AvgIpc) is 2.92. The van der Waals surface area contributed by atoms with Crippen LogP contribution in [0.5, 0.6) is 0 Å². The zero-order chi connectivity index (χ0) is 31.2. The molecule has 0 bridgehead atoms. The summed E-state index contributed by atoms with van der Waals surface area (Å²) >= 11 is 0. The first-order chi connectivity index (χ1) is 20.0. The van der Waals surface area contributed by atoms with Crippen molar-refractivity contribution < 1.29 is 38.6 Å². The molecule has 0 saturated carbocycles. The average molecular weight is 593 g/mol. The number of benzene rings is 1. The number of carboxylic acid groups (broad SMARTS) is 1. The standard InChI is InChI=1S/C30H48N4O8/c1-30(2,3)42-29(40)34-20-12-6-10-18-32-26(36)16-15-25(35)31-17-9-5-11-19-33-27(37)21-24(28(38)39)41-22-23-13-7-4-8-14-23/h4,7-8,13-14,24H,5-6,9-12,15-22H2,1-3H3,(H,31,35)(H,32,36)(H,33,37)(H,34,40)(H,38,39). The van der Waals surface area contributed by atoms with Crippen LogP contribution in [0.3, 0.4) is 0 Å². The molecule has 0 heterocycles. The van der Waals surface area contributed by atoms with Crippen molar-refractivity contribution in [1.82, 2.24) is 21.3 Å². The number of carbonyl (C=O) groups excluding carboxylic acids is 4. The molecule has 1 aromatic carbocycles. The minimum atomic E-state index is -1.22. The Labute approximate surface area is 248 Å². The molecular weight excluding hydrogens is 544 g/mol. The maximum atomic E-state index is 12.1. The Hall–Kier alpha value is -3.67. The highest BCUT2D eigenvalue weighted by Crippen LogP contribution is 2.08. The van der Waals surface area contributed by atoms with E-state index < -0.39 is 29.7 Å². The Morgan fingerprint density at radius 3 is 1.67 bits per heavy atom. The van der Waals surface area contributed by atoms with Crippen molar-refractivity contribution in [2.24, 2.45) is 0 Å². The predicted molar refractivity (Wildman–Crippen MR) is 157 cm³/mol. The van der Waals surface area contributed by atoms with Gasteiger partial charge in [0.15, 0.2) is 6.10 Å². The lowest BCUT2D eigenvalue weighted by molar-refractivity contribution is -0.154. The molecule has 0 aliphatic rings. The summed E-state index contributed by atoms with van der Waals surface area (Å²) in [6, 6.07) is 9.15. The van der Waals surface area contributed by atoms with Gasteiger partial charge in [0.05, 0.1) is 13.0 Å². The molecular formula is C30H48N4O8. The molecule has 0 aliphatic heterocycles. The van der Waals surface area contributed by atoms with E-state index in [1.54, 1.807) is 20.8 Å². The van der Waals surface area contributed by atoms with Crippen LogP contribution in [0.15, 0.2) is 30.3 Å². The van der Waals surface area contributed by atoms with Crippen molar-refractivity contribution in [2.75, 3.05) is 26.2 Å². The van der Waals surface area contributed by atoms with Gasteiger partial charge in [-0.25, -0.2) is 9.59 Å². The SMILES string of the molecule is CC(C)(C)OC(=O)NCCCCCNC(=O)CCC(=O)NCCCCCNC(=O)CC(OCc1ccccc1)C(=O)O. The summed E-state index contributed by atoms with van der Waals surface area (Å²) in [5.74, 6) is -1.95. The molecule has 0 aromatic heterocycles. The van der Waals surface area contributed by atoms with Gasteiger partial charge in [-0.15, -0.1) is 0 Å². The lowest BCUT2D eigenvalue weighted by Gasteiger charge is -2.19. The topological polar surface area (TPSA) is 172 Å². The fourth-order valence-electron chi connectivity index (χ4n) is 3.67. The summed E-state index contributed by atoms with van der Waals surface area (Å²) in [5, 5.41) is 20.3. The van der Waals surface area contributed by atoms with Crippen LogP contribution in [0, 0.1) is 0 Å². The fourth-order valence-corrected chi connectivity index (χ4v) is 3.67. The first kappa shape index (κ1) is 36.4. The highest BCUT2D eigenvalue weighted by molar-refractivity contribution is 5.84. The molecule has 0 fully saturated rings. The van der Waals surface area contributed by atoms with E-state index in [0.29, 0.717) is 39.0 Å². The number of nitrogens with one attached hydrogen (secondary N) is 4. The van der Waals surface area contributed by atoms with Gasteiger partial charge in [-0.2, -0.15) is 0 Å². The molecule has 1 atom stereocenters. The molecule has 5 N–H and O–H groups in total. The first-order valence-corrected chi connectivity index (χ1v) is 14.6. The van der Waals surface area contributed by atoms with Gasteiger partial charge in [-0.05, 0) is 64.9 Å². The van der Waals surface area contributed by atoms with E-state index in [1.807, 2.05) is 30.3 Å². The molecule has 1 rings (SSSR count). The number of hydrogen-bond donors (Lipinski definition) is 5. The van der Waals surface area contributed by atoms with Gasteiger partial charge in [0, 0.05) is 39.0 Å². The van der Waals surface area contributed by atoms with E-state index in [9.17, 15) is 29.1 Å². The molecule has 0 aliphatic carbocycles. The Morgan fingerprint density at radius 2 is 1.19 bits per heavy atom. The number of hydrogen-bond acceptors (Lipinski definition) is 7. The largest absolute Gasteiger partial charge is 0.479 e. The van der Waals surface area contributed by atoms with Gasteiger partial charge in [-0.3, -0.25) is 14.4 Å². The summed E-state index contributed by atoms with van der Waals surface area (Å²) < 4.78 is 10.5. The lowest BCUT2D eigenvalue weighted by Crippen LogP contribution is -2.33. The second kappa shape index (κ2) is 21.1. The summed E-state index contributed by atoms with van der Waals surface area (Å²) in [7, 11) is 0. The third-order valence-electron chi connectivity index (χ3n) is 5.86. The maximum absolute atomic E-state index is 12.1. The first-order valence-electron chi connectivity index (χ1n) is 14.6. The van der Waals surface area contributed by atoms with Gasteiger partial charge >= 0.3 is 12.1 Å². The zero-order valence-electron chi connectivity index (χ0n) is 25.2. The summed E-state index contributed by atoms with van der Waals surface area (Å²) in [4.78, 5) is 58.9. The number of alkyl carbamates (subject to hydrolysis) is 1. The van der Waals surface area contributed by atoms with Crippen LogP contribution in [0.1, 0.15) is 84.1 Å². The monoisotopic (exact) mass is 592 g/mol. The van der Waals surface area contributed by atoms with Crippen molar-refractivity contribution in [3.05, 3.63) is 35.9 Å². The lowest BCUT2D eigenvalue weighted by atomic mass is 10.2. The summed E-state index contributed by atoms with van der Waals surface area (Å²) in [6.45, 7) is 7.43. The number of amides is 4. The summed E-state index contributed by atoms with van der Waals surface area (Å²) in [6.07, 6.45) is 2.86. The molecule has 4 amide bonds. The van der Waals surface area contributed by atoms with Gasteiger partial charge in [0.25, 0.3) is 0 Å². The Balaban J connectivity index is 1.99. The van der Waals surface area contributed by atoms with Crippen LogP contribution < -0.4 is 21.3 Å². The van der Waals surface area contributed by atoms with E-state index in [4.69, 9.17) is 9.47 Å². The van der Waals surface area contributed by atoms with Crippen LogP contribution in [-0.4, -0.2) is 72.8 Å².